The highest BCUT2D eigenvalue weighted by molar-refractivity contribution is 7.99. The number of thioether (sulfide) groups is 1. The van der Waals surface area contributed by atoms with E-state index in [1.165, 1.54) is 36.0 Å². The Labute approximate surface area is 162 Å². The molecule has 5 nitrogen and oxygen atoms in total. The largest absolute Gasteiger partial charge is 0.472 e. The lowest BCUT2D eigenvalue weighted by Crippen LogP contribution is -2.50. The summed E-state index contributed by atoms with van der Waals surface area (Å²) in [5.74, 6) is -0.115. The summed E-state index contributed by atoms with van der Waals surface area (Å²) in [6.45, 7) is 6.01. The van der Waals surface area contributed by atoms with Gasteiger partial charge >= 0.3 is 0 Å². The van der Waals surface area contributed by atoms with Crippen LogP contribution in [0.25, 0.3) is 0 Å². The van der Waals surface area contributed by atoms with Crippen LogP contribution in [0.4, 0.5) is 4.39 Å². The van der Waals surface area contributed by atoms with Gasteiger partial charge in [0.05, 0.1) is 12.5 Å². The van der Waals surface area contributed by atoms with Crippen LogP contribution in [0.1, 0.15) is 42.1 Å². The summed E-state index contributed by atoms with van der Waals surface area (Å²) in [5, 5.41) is 2.68. The van der Waals surface area contributed by atoms with Crippen LogP contribution in [-0.2, 0) is 4.79 Å². The van der Waals surface area contributed by atoms with Crippen molar-refractivity contribution in [3.8, 4) is 0 Å². The highest BCUT2D eigenvalue weighted by Crippen LogP contribution is 2.42. The Bertz CT molecular complexity index is 792. The number of nitrogens with one attached hydrogen (secondary N) is 1. The average molecular weight is 390 g/mol. The summed E-state index contributed by atoms with van der Waals surface area (Å²) in [7, 11) is 0. The maximum atomic E-state index is 13.2. The number of hydrogen-bond donors (Lipinski definition) is 1. The third-order valence-corrected chi connectivity index (χ3v) is 6.15. The van der Waals surface area contributed by atoms with E-state index in [9.17, 15) is 14.0 Å². The maximum Gasteiger partial charge on any atom is 0.255 e. The third kappa shape index (κ3) is 4.18. The summed E-state index contributed by atoms with van der Waals surface area (Å²) in [6, 6.07) is 6.57. The van der Waals surface area contributed by atoms with Gasteiger partial charge in [-0.1, -0.05) is 13.8 Å². The van der Waals surface area contributed by atoms with Gasteiger partial charge in [0, 0.05) is 22.9 Å². The summed E-state index contributed by atoms with van der Waals surface area (Å²) in [4.78, 5) is 27.6. The Hall–Kier alpha value is -2.28. The van der Waals surface area contributed by atoms with E-state index in [2.05, 4.69) is 5.32 Å². The first kappa shape index (κ1) is 19.5. The molecule has 3 rings (SSSR count). The van der Waals surface area contributed by atoms with Gasteiger partial charge in [-0.15, -0.1) is 11.8 Å². The lowest BCUT2D eigenvalue weighted by atomic mass is 10.1. The molecular weight excluding hydrogens is 367 g/mol. The molecule has 1 aliphatic rings. The van der Waals surface area contributed by atoms with Gasteiger partial charge < -0.3 is 14.6 Å². The van der Waals surface area contributed by atoms with Crippen LogP contribution in [0.15, 0.2) is 47.3 Å². The summed E-state index contributed by atoms with van der Waals surface area (Å²) in [6.07, 6.45) is 3.13. The Morgan fingerprint density at radius 3 is 2.52 bits per heavy atom. The lowest BCUT2D eigenvalue weighted by molar-refractivity contribution is -0.125. The van der Waals surface area contributed by atoms with E-state index < -0.39 is 11.9 Å². The Kier molecular flexibility index (Phi) is 5.89. The van der Waals surface area contributed by atoms with Crippen molar-refractivity contribution in [2.45, 2.75) is 38.2 Å². The molecule has 3 unspecified atom stereocenters. The second-order valence-electron chi connectivity index (χ2n) is 7.02. The summed E-state index contributed by atoms with van der Waals surface area (Å²) in [5.41, 5.74) is 1.17. The van der Waals surface area contributed by atoms with Gasteiger partial charge in [0.2, 0.25) is 5.91 Å². The van der Waals surface area contributed by atoms with Crippen molar-refractivity contribution >= 4 is 23.6 Å². The highest BCUT2D eigenvalue weighted by atomic mass is 32.2. The molecule has 3 atom stereocenters. The van der Waals surface area contributed by atoms with Crippen LogP contribution in [0, 0.1) is 11.7 Å². The zero-order valence-corrected chi connectivity index (χ0v) is 16.3. The van der Waals surface area contributed by atoms with Gasteiger partial charge in [-0.3, -0.25) is 9.59 Å². The smallest absolute Gasteiger partial charge is 0.255 e. The fourth-order valence-electron chi connectivity index (χ4n) is 2.86. The fourth-order valence-corrected chi connectivity index (χ4v) is 4.26. The predicted octanol–water partition coefficient (Wildman–Crippen LogP) is 3.84. The van der Waals surface area contributed by atoms with Crippen molar-refractivity contribution in [3.05, 3.63) is 59.8 Å². The first-order valence-electron chi connectivity index (χ1n) is 8.90. The minimum atomic E-state index is -0.603. The second-order valence-corrected chi connectivity index (χ2v) is 8.13. The van der Waals surface area contributed by atoms with E-state index >= 15 is 0 Å². The predicted molar refractivity (Wildman–Crippen MR) is 103 cm³/mol. The van der Waals surface area contributed by atoms with Crippen LogP contribution >= 0.6 is 11.8 Å². The number of rotatable bonds is 5. The molecule has 0 spiro atoms. The molecule has 1 aromatic heterocycles. The number of furan rings is 1. The SMILES string of the molecule is CC(C)C(C)NC(=O)C1CSC(c2ccoc2)N1C(=O)c1ccc(F)cc1. The molecule has 0 bridgehead atoms. The molecule has 1 N–H and O–H groups in total. The Morgan fingerprint density at radius 1 is 1.22 bits per heavy atom. The average Bonchev–Trinajstić information content (AvgIpc) is 3.30. The molecule has 0 aliphatic carbocycles. The van der Waals surface area contributed by atoms with E-state index in [0.717, 1.165) is 5.56 Å². The third-order valence-electron chi connectivity index (χ3n) is 4.83. The number of amides is 2. The summed E-state index contributed by atoms with van der Waals surface area (Å²) >= 11 is 1.52. The van der Waals surface area contributed by atoms with E-state index in [0.29, 0.717) is 11.3 Å². The number of carbonyl (C=O) groups is 2. The Balaban J connectivity index is 1.89. The topological polar surface area (TPSA) is 62.6 Å². The monoisotopic (exact) mass is 390 g/mol. The van der Waals surface area contributed by atoms with Crippen molar-refractivity contribution in [1.82, 2.24) is 10.2 Å². The van der Waals surface area contributed by atoms with E-state index in [-0.39, 0.29) is 29.1 Å². The van der Waals surface area contributed by atoms with Gasteiger partial charge in [-0.25, -0.2) is 4.39 Å². The van der Waals surface area contributed by atoms with Crippen molar-refractivity contribution in [3.63, 3.8) is 0 Å². The minimum Gasteiger partial charge on any atom is -0.472 e. The molecule has 2 amide bonds. The first-order chi connectivity index (χ1) is 12.9. The van der Waals surface area contributed by atoms with Gasteiger partial charge in [-0.2, -0.15) is 0 Å². The molecule has 1 fully saturated rings. The molecule has 0 radical (unpaired) electrons. The minimum absolute atomic E-state index is 0.00162. The molecule has 0 saturated carbocycles. The van der Waals surface area contributed by atoms with Gasteiger partial charge in [0.15, 0.2) is 0 Å². The number of hydrogen-bond acceptors (Lipinski definition) is 4. The van der Waals surface area contributed by atoms with Gasteiger partial charge in [0.25, 0.3) is 5.91 Å². The molecule has 7 heteroatoms. The molecule has 1 aliphatic heterocycles. The maximum absolute atomic E-state index is 13.2. The molecule has 144 valence electrons. The molecule has 1 saturated heterocycles. The lowest BCUT2D eigenvalue weighted by Gasteiger charge is -2.29. The standard InChI is InChI=1S/C20H23FN2O3S/c1-12(2)13(3)22-18(24)17-11-27-20(15-8-9-26-10-15)23(17)19(25)14-4-6-16(21)7-5-14/h4-10,12-13,17,20H,11H2,1-3H3,(H,22,24). The number of carbonyl (C=O) groups excluding carboxylic acids is 2. The van der Waals surface area contributed by atoms with E-state index in [4.69, 9.17) is 4.42 Å². The van der Waals surface area contributed by atoms with Crippen molar-refractivity contribution in [2.24, 2.45) is 5.92 Å². The van der Waals surface area contributed by atoms with Gasteiger partial charge in [-0.05, 0) is 43.2 Å². The number of halogens is 1. The van der Waals surface area contributed by atoms with E-state index in [1.807, 2.05) is 20.8 Å². The zero-order chi connectivity index (χ0) is 19.6. The molecule has 2 aromatic rings. The van der Waals surface area contributed by atoms with Crippen molar-refractivity contribution in [1.29, 1.82) is 0 Å². The van der Waals surface area contributed by atoms with Crippen LogP contribution in [-0.4, -0.2) is 34.6 Å². The van der Waals surface area contributed by atoms with Crippen LogP contribution in [0.3, 0.4) is 0 Å². The van der Waals surface area contributed by atoms with Gasteiger partial charge in [0.1, 0.15) is 17.2 Å². The zero-order valence-electron chi connectivity index (χ0n) is 15.5. The first-order valence-corrected chi connectivity index (χ1v) is 9.95. The summed E-state index contributed by atoms with van der Waals surface area (Å²) < 4.78 is 18.4. The second kappa shape index (κ2) is 8.17. The van der Waals surface area contributed by atoms with Crippen molar-refractivity contribution < 1.29 is 18.4 Å². The van der Waals surface area contributed by atoms with E-state index in [1.54, 1.807) is 23.5 Å². The number of nitrogens with zero attached hydrogens (tertiary/aromatic N) is 1. The van der Waals surface area contributed by atoms with Crippen LogP contribution in [0.5, 0.6) is 0 Å². The normalized spacial score (nSPS) is 20.7. The Morgan fingerprint density at radius 2 is 1.93 bits per heavy atom. The quantitative estimate of drug-likeness (QED) is 0.843. The van der Waals surface area contributed by atoms with Crippen molar-refractivity contribution in [2.75, 3.05) is 5.75 Å². The molecule has 27 heavy (non-hydrogen) atoms. The van der Waals surface area contributed by atoms with Crippen LogP contribution < -0.4 is 5.32 Å². The highest BCUT2D eigenvalue weighted by Gasteiger charge is 2.43. The fraction of sp³-hybridized carbons (Fsp3) is 0.400. The number of benzene rings is 1. The van der Waals surface area contributed by atoms with Crippen LogP contribution in [0.2, 0.25) is 0 Å². The molecular formula is C20H23FN2O3S. The molecule has 1 aromatic carbocycles. The molecule has 2 heterocycles.